The van der Waals surface area contributed by atoms with Gasteiger partial charge in [-0.2, -0.15) is 0 Å². The Morgan fingerprint density at radius 2 is 1.71 bits per heavy atom. The van der Waals surface area contributed by atoms with E-state index in [2.05, 4.69) is 17.4 Å². The summed E-state index contributed by atoms with van der Waals surface area (Å²) in [6.45, 7) is 0.924. The van der Waals surface area contributed by atoms with Crippen LogP contribution in [0.25, 0.3) is 0 Å². The van der Waals surface area contributed by atoms with Crippen LogP contribution in [0.5, 0.6) is 0 Å². The summed E-state index contributed by atoms with van der Waals surface area (Å²) in [7, 11) is 0. The van der Waals surface area contributed by atoms with E-state index in [0.717, 1.165) is 18.4 Å². The Labute approximate surface area is 168 Å². The normalized spacial score (nSPS) is 14.5. The van der Waals surface area contributed by atoms with E-state index in [-0.39, 0.29) is 16.9 Å². The van der Waals surface area contributed by atoms with Gasteiger partial charge in [-0.1, -0.05) is 60.1 Å². The van der Waals surface area contributed by atoms with Crippen molar-refractivity contribution in [1.82, 2.24) is 9.88 Å². The van der Waals surface area contributed by atoms with Gasteiger partial charge in [0, 0.05) is 29.2 Å². The van der Waals surface area contributed by atoms with Gasteiger partial charge in [0.05, 0.1) is 12.1 Å². The molecule has 1 aliphatic rings. The zero-order valence-electron chi connectivity index (χ0n) is 15.4. The van der Waals surface area contributed by atoms with E-state index in [4.69, 9.17) is 11.6 Å². The van der Waals surface area contributed by atoms with Gasteiger partial charge in [0.25, 0.3) is 11.5 Å². The lowest BCUT2D eigenvalue weighted by atomic mass is 9.96. The van der Waals surface area contributed by atoms with E-state index in [9.17, 15) is 9.59 Å². The third-order valence-electron chi connectivity index (χ3n) is 5.37. The molecule has 0 saturated heterocycles. The molecular formula is C23H21ClN2O2. The van der Waals surface area contributed by atoms with Gasteiger partial charge in [-0.15, -0.1) is 0 Å². The molecule has 1 saturated carbocycles. The summed E-state index contributed by atoms with van der Waals surface area (Å²) in [5.41, 5.74) is 2.45. The van der Waals surface area contributed by atoms with E-state index in [0.29, 0.717) is 23.7 Å². The molecule has 0 radical (unpaired) electrons. The molecule has 5 heteroatoms. The number of aromatic nitrogens is 1. The van der Waals surface area contributed by atoms with Gasteiger partial charge in [0.2, 0.25) is 0 Å². The van der Waals surface area contributed by atoms with Crippen molar-refractivity contribution in [3.63, 3.8) is 0 Å². The number of rotatable bonds is 6. The Kier molecular flexibility index (Phi) is 5.05. The highest BCUT2D eigenvalue weighted by molar-refractivity contribution is 6.31. The van der Waals surface area contributed by atoms with Crippen molar-refractivity contribution in [3.8, 4) is 0 Å². The second kappa shape index (κ2) is 7.64. The second-order valence-electron chi connectivity index (χ2n) is 7.30. The third kappa shape index (κ3) is 3.87. The molecule has 0 atom stereocenters. The Bertz CT molecular complexity index is 1060. The molecule has 4 nitrogen and oxygen atoms in total. The monoisotopic (exact) mass is 392 g/mol. The molecule has 3 aromatic rings. The Morgan fingerprint density at radius 1 is 1.00 bits per heavy atom. The number of benzene rings is 2. The minimum atomic E-state index is -0.171. The highest BCUT2D eigenvalue weighted by atomic mass is 35.5. The topological polar surface area (TPSA) is 51.1 Å². The van der Waals surface area contributed by atoms with Gasteiger partial charge >= 0.3 is 0 Å². The quantitative estimate of drug-likeness (QED) is 0.689. The van der Waals surface area contributed by atoms with E-state index in [1.54, 1.807) is 18.3 Å². The summed E-state index contributed by atoms with van der Waals surface area (Å²) in [5.74, 6) is -0.171. The zero-order valence-corrected chi connectivity index (χ0v) is 16.2. The Hall–Kier alpha value is -2.85. The molecule has 0 spiro atoms. The molecule has 28 heavy (non-hydrogen) atoms. The number of carbonyl (C=O) groups excluding carboxylic acids is 1. The minimum Gasteiger partial charge on any atom is -0.351 e. The van der Waals surface area contributed by atoms with Crippen LogP contribution in [0.3, 0.4) is 0 Å². The number of carbonyl (C=O) groups is 1. The number of amides is 1. The average molecular weight is 393 g/mol. The minimum absolute atomic E-state index is 0.0446. The lowest BCUT2D eigenvalue weighted by Gasteiger charge is -2.17. The van der Waals surface area contributed by atoms with E-state index < -0.39 is 0 Å². The lowest BCUT2D eigenvalue weighted by Crippen LogP contribution is -2.33. The Balaban J connectivity index is 1.48. The molecule has 0 bridgehead atoms. The van der Waals surface area contributed by atoms with E-state index in [1.807, 2.05) is 36.4 Å². The van der Waals surface area contributed by atoms with Crippen LogP contribution >= 0.6 is 11.6 Å². The molecule has 0 aliphatic heterocycles. The summed E-state index contributed by atoms with van der Waals surface area (Å²) in [4.78, 5) is 24.9. The lowest BCUT2D eigenvalue weighted by molar-refractivity contribution is 0.0949. The maximum absolute atomic E-state index is 12.7. The fraction of sp³-hybridized carbons (Fsp3) is 0.217. The molecule has 1 aromatic heterocycles. The van der Waals surface area contributed by atoms with Crippen molar-refractivity contribution in [1.29, 1.82) is 0 Å². The SMILES string of the molecule is O=C(NCC1(c2ccccc2)CC1)c1ccc(=O)n(Cc2ccccc2Cl)c1. The van der Waals surface area contributed by atoms with Crippen molar-refractivity contribution in [2.75, 3.05) is 6.54 Å². The first-order chi connectivity index (χ1) is 13.6. The third-order valence-corrected chi connectivity index (χ3v) is 5.74. The maximum Gasteiger partial charge on any atom is 0.252 e. The van der Waals surface area contributed by atoms with E-state index >= 15 is 0 Å². The number of pyridine rings is 1. The van der Waals surface area contributed by atoms with Gasteiger partial charge in [0.15, 0.2) is 0 Å². The van der Waals surface area contributed by atoms with Crippen molar-refractivity contribution >= 4 is 17.5 Å². The molecule has 1 amide bonds. The number of halogens is 1. The van der Waals surface area contributed by atoms with Gasteiger partial charge < -0.3 is 9.88 Å². The van der Waals surface area contributed by atoms with Crippen LogP contribution < -0.4 is 10.9 Å². The highest BCUT2D eigenvalue weighted by Gasteiger charge is 2.44. The molecule has 4 rings (SSSR count). The van der Waals surface area contributed by atoms with Crippen LogP contribution in [-0.2, 0) is 12.0 Å². The number of hydrogen-bond acceptors (Lipinski definition) is 2. The number of hydrogen-bond donors (Lipinski definition) is 1. The first kappa shape index (κ1) is 18.5. The predicted octanol–water partition coefficient (Wildman–Crippen LogP) is 4.01. The second-order valence-corrected chi connectivity index (χ2v) is 7.71. The van der Waals surface area contributed by atoms with Crippen LogP contribution in [0.15, 0.2) is 77.7 Å². The molecule has 1 N–H and O–H groups in total. The summed E-state index contributed by atoms with van der Waals surface area (Å²) < 4.78 is 1.51. The Morgan fingerprint density at radius 3 is 2.43 bits per heavy atom. The first-order valence-electron chi connectivity index (χ1n) is 9.35. The standard InChI is InChI=1S/C23H21ClN2O2/c24-20-9-5-4-6-17(20)14-26-15-18(10-11-21(26)27)22(28)25-16-23(12-13-23)19-7-2-1-3-8-19/h1-11,15H,12-14,16H2,(H,25,28). The fourth-order valence-electron chi connectivity index (χ4n) is 3.46. The highest BCUT2D eigenvalue weighted by Crippen LogP contribution is 2.47. The van der Waals surface area contributed by atoms with Crippen LogP contribution in [-0.4, -0.2) is 17.0 Å². The molecule has 1 heterocycles. The molecule has 142 valence electrons. The van der Waals surface area contributed by atoms with Gasteiger partial charge in [0.1, 0.15) is 0 Å². The summed E-state index contributed by atoms with van der Waals surface area (Å²) in [5, 5.41) is 3.64. The van der Waals surface area contributed by atoms with E-state index in [1.165, 1.54) is 16.2 Å². The predicted molar refractivity (Wildman–Crippen MR) is 111 cm³/mol. The molecule has 2 aromatic carbocycles. The summed E-state index contributed by atoms with van der Waals surface area (Å²) in [6, 6.07) is 20.7. The smallest absolute Gasteiger partial charge is 0.252 e. The number of nitrogens with zero attached hydrogens (tertiary/aromatic N) is 1. The van der Waals surface area contributed by atoms with Crippen molar-refractivity contribution in [2.45, 2.75) is 24.8 Å². The van der Waals surface area contributed by atoms with Crippen LogP contribution in [0.4, 0.5) is 0 Å². The van der Waals surface area contributed by atoms with Crippen LogP contribution in [0.2, 0.25) is 5.02 Å². The van der Waals surface area contributed by atoms with Gasteiger partial charge in [-0.05, 0) is 36.1 Å². The fourth-order valence-corrected chi connectivity index (χ4v) is 3.66. The van der Waals surface area contributed by atoms with Gasteiger partial charge in [-0.3, -0.25) is 9.59 Å². The zero-order chi connectivity index (χ0) is 19.6. The first-order valence-corrected chi connectivity index (χ1v) is 9.73. The van der Waals surface area contributed by atoms with Crippen molar-refractivity contribution < 1.29 is 4.79 Å². The molecule has 0 unspecified atom stereocenters. The molecule has 1 fully saturated rings. The van der Waals surface area contributed by atoms with Crippen LogP contribution in [0.1, 0.15) is 34.3 Å². The summed E-state index contributed by atoms with van der Waals surface area (Å²) in [6.07, 6.45) is 3.75. The van der Waals surface area contributed by atoms with Crippen molar-refractivity contribution in [3.05, 3.63) is 105 Å². The summed E-state index contributed by atoms with van der Waals surface area (Å²) >= 11 is 6.20. The largest absolute Gasteiger partial charge is 0.351 e. The molecule has 1 aliphatic carbocycles. The maximum atomic E-state index is 12.7. The van der Waals surface area contributed by atoms with Crippen LogP contribution in [0, 0.1) is 0 Å². The average Bonchev–Trinajstić information content (AvgIpc) is 3.51. The molecular weight excluding hydrogens is 372 g/mol. The number of nitrogens with one attached hydrogen (secondary N) is 1. The van der Waals surface area contributed by atoms with Crippen molar-refractivity contribution in [2.24, 2.45) is 0 Å². The van der Waals surface area contributed by atoms with Gasteiger partial charge in [-0.25, -0.2) is 0 Å².